The van der Waals surface area contributed by atoms with Gasteiger partial charge in [-0.2, -0.15) is 0 Å². The second kappa shape index (κ2) is 6.11. The zero-order valence-electron chi connectivity index (χ0n) is 12.4. The molecule has 1 aliphatic heterocycles. The Morgan fingerprint density at radius 1 is 1.29 bits per heavy atom. The van der Waals surface area contributed by atoms with Crippen molar-refractivity contribution in [2.45, 2.75) is 38.8 Å². The first kappa shape index (κ1) is 16.9. The van der Waals surface area contributed by atoms with Crippen molar-refractivity contribution in [3.63, 3.8) is 0 Å². The van der Waals surface area contributed by atoms with Crippen molar-refractivity contribution in [3.8, 4) is 0 Å². The lowest BCUT2D eigenvalue weighted by Crippen LogP contribution is -2.58. The average Bonchev–Trinajstić information content (AvgIpc) is 2.34. The van der Waals surface area contributed by atoms with Crippen LogP contribution in [0.15, 0.2) is 0 Å². The molecule has 0 saturated carbocycles. The second-order valence-electron chi connectivity index (χ2n) is 5.67. The predicted molar refractivity (Wildman–Crippen MR) is 69.5 cm³/mol. The van der Waals surface area contributed by atoms with Gasteiger partial charge in [0.1, 0.15) is 11.5 Å². The normalized spacial score (nSPS) is 22.7. The number of ketones is 1. The van der Waals surface area contributed by atoms with Crippen LogP contribution in [0.2, 0.25) is 0 Å². The van der Waals surface area contributed by atoms with Crippen LogP contribution in [0.5, 0.6) is 0 Å². The summed E-state index contributed by atoms with van der Waals surface area (Å²) < 4.78 is 9.58. The van der Waals surface area contributed by atoms with Gasteiger partial charge in [0, 0.05) is 13.0 Å². The van der Waals surface area contributed by atoms with Crippen LogP contribution in [0, 0.1) is 5.92 Å². The molecule has 1 heterocycles. The number of nitrogens with zero attached hydrogens (tertiary/aromatic N) is 1. The fraction of sp³-hybridized carbons (Fsp3) is 0.692. The first-order valence-corrected chi connectivity index (χ1v) is 6.41. The molecule has 8 heteroatoms. The molecule has 1 amide bonds. The Labute approximate surface area is 122 Å². The average molecular weight is 301 g/mol. The van der Waals surface area contributed by atoms with E-state index in [0.29, 0.717) is 0 Å². The van der Waals surface area contributed by atoms with Gasteiger partial charge in [0.05, 0.1) is 7.11 Å². The minimum Gasteiger partial charge on any atom is -0.480 e. The van der Waals surface area contributed by atoms with E-state index in [1.807, 2.05) is 0 Å². The molecule has 8 nitrogen and oxygen atoms in total. The third-order valence-corrected chi connectivity index (χ3v) is 2.93. The van der Waals surface area contributed by atoms with Gasteiger partial charge in [0.25, 0.3) is 0 Å². The third-order valence-electron chi connectivity index (χ3n) is 2.93. The molecule has 2 atom stereocenters. The van der Waals surface area contributed by atoms with E-state index in [0.717, 1.165) is 12.0 Å². The maximum Gasteiger partial charge on any atom is 0.411 e. The number of rotatable bonds is 2. The maximum atomic E-state index is 12.1. The standard InChI is InChI=1S/C13H19NO7/c1-13(2,3)21-12(19)14-6-5-7(15)8(11(18)20-4)9(14)10(16)17/h8-9H,5-6H2,1-4H3,(H,16,17)/t8?,9-/m1/s1. The van der Waals surface area contributed by atoms with E-state index in [1.54, 1.807) is 20.8 Å². The van der Waals surface area contributed by atoms with Crippen LogP contribution in [-0.2, 0) is 23.9 Å². The van der Waals surface area contributed by atoms with Crippen molar-refractivity contribution in [2.24, 2.45) is 5.92 Å². The van der Waals surface area contributed by atoms with Gasteiger partial charge in [-0.05, 0) is 20.8 Å². The molecule has 0 bridgehead atoms. The smallest absolute Gasteiger partial charge is 0.411 e. The van der Waals surface area contributed by atoms with Crippen molar-refractivity contribution in [1.29, 1.82) is 0 Å². The molecule has 0 aromatic rings. The molecular formula is C13H19NO7. The van der Waals surface area contributed by atoms with Gasteiger partial charge in [-0.3, -0.25) is 14.5 Å². The first-order chi connectivity index (χ1) is 9.58. The number of ether oxygens (including phenoxy) is 2. The van der Waals surface area contributed by atoms with Gasteiger partial charge in [-0.25, -0.2) is 9.59 Å². The lowest BCUT2D eigenvalue weighted by Gasteiger charge is -2.37. The number of hydrogen-bond acceptors (Lipinski definition) is 6. The number of amides is 1. The summed E-state index contributed by atoms with van der Waals surface area (Å²) in [5.74, 6) is -4.52. The molecule has 21 heavy (non-hydrogen) atoms. The van der Waals surface area contributed by atoms with Gasteiger partial charge in [0.2, 0.25) is 0 Å². The molecule has 1 N–H and O–H groups in total. The minimum atomic E-state index is -1.62. The molecule has 118 valence electrons. The summed E-state index contributed by atoms with van der Waals surface area (Å²) in [4.78, 5) is 47.8. The number of carboxylic acids is 1. The monoisotopic (exact) mass is 301 g/mol. The maximum absolute atomic E-state index is 12.1. The summed E-state index contributed by atoms with van der Waals surface area (Å²) in [6.07, 6.45) is -1.00. The molecule has 0 aromatic heterocycles. The Bertz CT molecular complexity index is 458. The van der Waals surface area contributed by atoms with Crippen LogP contribution in [0.1, 0.15) is 27.2 Å². The number of likely N-dealkylation sites (tertiary alicyclic amines) is 1. The Balaban J connectivity index is 3.09. The summed E-state index contributed by atoms with van der Waals surface area (Å²) in [5.41, 5.74) is -0.817. The highest BCUT2D eigenvalue weighted by Crippen LogP contribution is 2.24. The van der Waals surface area contributed by atoms with E-state index in [4.69, 9.17) is 4.74 Å². The van der Waals surface area contributed by atoms with Gasteiger partial charge >= 0.3 is 18.0 Å². The van der Waals surface area contributed by atoms with Gasteiger partial charge < -0.3 is 14.6 Å². The van der Waals surface area contributed by atoms with E-state index < -0.39 is 41.4 Å². The lowest BCUT2D eigenvalue weighted by atomic mass is 9.88. The zero-order valence-corrected chi connectivity index (χ0v) is 12.4. The van der Waals surface area contributed by atoms with Crippen molar-refractivity contribution in [2.75, 3.05) is 13.7 Å². The van der Waals surface area contributed by atoms with Gasteiger partial charge in [-0.15, -0.1) is 0 Å². The Kier molecular flexibility index (Phi) is 4.93. The Morgan fingerprint density at radius 2 is 1.86 bits per heavy atom. The summed E-state index contributed by atoms with van der Waals surface area (Å²) >= 11 is 0. The fourth-order valence-electron chi connectivity index (χ4n) is 2.07. The quantitative estimate of drug-likeness (QED) is 0.582. The van der Waals surface area contributed by atoms with Crippen molar-refractivity contribution in [1.82, 2.24) is 4.90 Å². The van der Waals surface area contributed by atoms with Crippen LogP contribution in [0.25, 0.3) is 0 Å². The number of carbonyl (C=O) groups excluding carboxylic acids is 3. The van der Waals surface area contributed by atoms with E-state index in [-0.39, 0.29) is 13.0 Å². The highest BCUT2D eigenvalue weighted by atomic mass is 16.6. The van der Waals surface area contributed by atoms with E-state index in [1.165, 1.54) is 0 Å². The third kappa shape index (κ3) is 3.93. The second-order valence-corrected chi connectivity index (χ2v) is 5.67. The Hall–Kier alpha value is -2.12. The number of methoxy groups -OCH3 is 1. The SMILES string of the molecule is COC(=O)C1C(=O)CCN(C(=O)OC(C)(C)C)[C@H]1C(=O)O. The molecule has 1 unspecified atom stereocenters. The highest BCUT2D eigenvalue weighted by Gasteiger charge is 2.49. The molecule has 0 aromatic carbocycles. The van der Waals surface area contributed by atoms with Crippen LogP contribution in [0.3, 0.4) is 0 Å². The number of esters is 1. The number of carbonyl (C=O) groups is 4. The molecule has 1 saturated heterocycles. The molecule has 0 spiro atoms. The summed E-state index contributed by atoms with van der Waals surface area (Å²) in [6.45, 7) is 4.78. The molecule has 1 fully saturated rings. The largest absolute Gasteiger partial charge is 0.480 e. The highest BCUT2D eigenvalue weighted by molar-refractivity contribution is 6.05. The van der Waals surface area contributed by atoms with E-state index >= 15 is 0 Å². The number of piperidine rings is 1. The number of aliphatic carboxylic acids is 1. The zero-order chi connectivity index (χ0) is 16.4. The Morgan fingerprint density at radius 3 is 2.29 bits per heavy atom. The van der Waals surface area contributed by atoms with Crippen molar-refractivity contribution in [3.05, 3.63) is 0 Å². The molecule has 0 radical (unpaired) electrons. The molecule has 0 aliphatic carbocycles. The van der Waals surface area contributed by atoms with Crippen LogP contribution >= 0.6 is 0 Å². The van der Waals surface area contributed by atoms with Crippen LogP contribution in [0.4, 0.5) is 4.79 Å². The number of hydrogen-bond donors (Lipinski definition) is 1. The molecule has 1 rings (SSSR count). The minimum absolute atomic E-state index is 0.113. The fourth-order valence-corrected chi connectivity index (χ4v) is 2.07. The summed E-state index contributed by atoms with van der Waals surface area (Å²) in [6, 6.07) is -1.62. The molecule has 1 aliphatic rings. The molecular weight excluding hydrogens is 282 g/mol. The summed E-state index contributed by atoms with van der Waals surface area (Å²) in [7, 11) is 1.06. The van der Waals surface area contributed by atoms with Gasteiger partial charge in [-0.1, -0.05) is 0 Å². The van der Waals surface area contributed by atoms with Crippen molar-refractivity contribution < 1.29 is 33.8 Å². The number of carboxylic acid groups (broad SMARTS) is 1. The van der Waals surface area contributed by atoms with Crippen LogP contribution < -0.4 is 0 Å². The lowest BCUT2D eigenvalue weighted by molar-refractivity contribution is -0.163. The topological polar surface area (TPSA) is 110 Å². The summed E-state index contributed by atoms with van der Waals surface area (Å²) in [5, 5.41) is 9.28. The van der Waals surface area contributed by atoms with E-state index in [9.17, 15) is 24.3 Å². The van der Waals surface area contributed by atoms with Crippen molar-refractivity contribution >= 4 is 23.8 Å². The first-order valence-electron chi connectivity index (χ1n) is 6.41. The van der Waals surface area contributed by atoms with Crippen LogP contribution in [-0.4, -0.2) is 59.1 Å². The predicted octanol–water partition coefficient (Wildman–Crippen LogP) is 0.439. The van der Waals surface area contributed by atoms with Gasteiger partial charge in [0.15, 0.2) is 11.8 Å². The number of Topliss-reactive ketones (excluding diaryl/α,β-unsaturated/α-hetero) is 1. The van der Waals surface area contributed by atoms with E-state index in [2.05, 4.69) is 4.74 Å².